The average Bonchev–Trinajstić information content (AvgIpc) is 3.00. The van der Waals surface area contributed by atoms with E-state index in [0.717, 1.165) is 25.8 Å². The molecule has 0 saturated carbocycles. The summed E-state index contributed by atoms with van der Waals surface area (Å²) < 4.78 is 7.58. The molecule has 0 bridgehead atoms. The van der Waals surface area contributed by atoms with Crippen molar-refractivity contribution in [3.8, 4) is 5.75 Å². The molecule has 0 saturated heterocycles. The van der Waals surface area contributed by atoms with Crippen molar-refractivity contribution in [2.45, 2.75) is 0 Å². The summed E-state index contributed by atoms with van der Waals surface area (Å²) in [5, 5.41) is 5.09. The first-order valence-corrected chi connectivity index (χ1v) is 8.60. The van der Waals surface area contributed by atoms with E-state index in [2.05, 4.69) is 37.7 Å². The summed E-state index contributed by atoms with van der Waals surface area (Å²) in [6.45, 7) is 0. The van der Waals surface area contributed by atoms with Crippen LogP contribution in [-0.4, -0.2) is 28.0 Å². The van der Waals surface area contributed by atoms with Crippen molar-refractivity contribution in [2.75, 3.05) is 7.11 Å². The van der Waals surface area contributed by atoms with Gasteiger partial charge in [-0.25, -0.2) is 4.98 Å². The maximum Gasteiger partial charge on any atom is 0.298 e. The van der Waals surface area contributed by atoms with Gasteiger partial charge in [-0.3, -0.25) is 4.79 Å². The smallest absolute Gasteiger partial charge is 0.298 e. The van der Waals surface area contributed by atoms with Crippen molar-refractivity contribution in [3.63, 3.8) is 0 Å². The number of aromatic nitrogens is 3. The number of hydrogen-bond donors (Lipinski definition) is 1. The SMILES string of the molecule is COc1ccc2[nH]c3c(=O)n(/N=C\c4cccc(I)c4)cnc3c2c1. The number of H-pyrrole nitrogens is 1. The van der Waals surface area contributed by atoms with Gasteiger partial charge in [0.1, 0.15) is 23.1 Å². The molecule has 0 spiro atoms. The molecule has 2 aromatic carbocycles. The lowest BCUT2D eigenvalue weighted by Gasteiger charge is -1.99. The molecule has 7 heteroatoms. The quantitative estimate of drug-likeness (QED) is 0.389. The van der Waals surface area contributed by atoms with E-state index in [1.807, 2.05) is 42.5 Å². The number of fused-ring (bicyclic) bond motifs is 3. The zero-order valence-electron chi connectivity index (χ0n) is 13.2. The van der Waals surface area contributed by atoms with Gasteiger partial charge in [0.25, 0.3) is 5.56 Å². The van der Waals surface area contributed by atoms with Gasteiger partial charge in [0.05, 0.1) is 13.3 Å². The monoisotopic (exact) mass is 444 g/mol. The average molecular weight is 444 g/mol. The van der Waals surface area contributed by atoms with E-state index >= 15 is 0 Å². The molecule has 0 radical (unpaired) electrons. The summed E-state index contributed by atoms with van der Waals surface area (Å²) >= 11 is 2.23. The molecule has 0 aliphatic carbocycles. The Morgan fingerprint density at radius 2 is 2.16 bits per heavy atom. The highest BCUT2D eigenvalue weighted by molar-refractivity contribution is 14.1. The van der Waals surface area contributed by atoms with Crippen LogP contribution < -0.4 is 10.3 Å². The minimum Gasteiger partial charge on any atom is -0.497 e. The molecule has 2 heterocycles. The van der Waals surface area contributed by atoms with Crippen molar-refractivity contribution in [1.29, 1.82) is 0 Å². The number of nitrogens with zero attached hydrogens (tertiary/aromatic N) is 3. The first-order chi connectivity index (χ1) is 12.2. The summed E-state index contributed by atoms with van der Waals surface area (Å²) in [6, 6.07) is 13.4. The van der Waals surface area contributed by atoms with Crippen LogP contribution >= 0.6 is 22.6 Å². The van der Waals surface area contributed by atoms with Crippen molar-refractivity contribution in [3.05, 3.63) is 68.3 Å². The molecule has 1 N–H and O–H groups in total. The van der Waals surface area contributed by atoms with Gasteiger partial charge in [0.2, 0.25) is 0 Å². The minimum atomic E-state index is -0.248. The molecule has 4 aromatic rings. The maximum atomic E-state index is 12.7. The van der Waals surface area contributed by atoms with Crippen molar-refractivity contribution in [1.82, 2.24) is 14.6 Å². The van der Waals surface area contributed by atoms with E-state index in [4.69, 9.17) is 4.74 Å². The highest BCUT2D eigenvalue weighted by atomic mass is 127. The van der Waals surface area contributed by atoms with Crippen LogP contribution in [0.25, 0.3) is 21.9 Å². The Hall–Kier alpha value is -2.68. The van der Waals surface area contributed by atoms with Crippen LogP contribution in [0.1, 0.15) is 5.56 Å². The number of nitrogens with one attached hydrogen (secondary N) is 1. The van der Waals surface area contributed by atoms with Gasteiger partial charge in [0, 0.05) is 14.5 Å². The van der Waals surface area contributed by atoms with Crippen molar-refractivity contribution >= 4 is 50.7 Å². The number of ether oxygens (including phenoxy) is 1. The Morgan fingerprint density at radius 3 is 2.96 bits per heavy atom. The van der Waals surface area contributed by atoms with Crippen LogP contribution in [0.3, 0.4) is 0 Å². The van der Waals surface area contributed by atoms with Gasteiger partial charge < -0.3 is 9.72 Å². The topological polar surface area (TPSA) is 72.3 Å². The lowest BCUT2D eigenvalue weighted by atomic mass is 10.2. The molecular formula is C18H13IN4O2. The molecule has 0 aliphatic rings. The Bertz CT molecular complexity index is 1180. The molecule has 2 aromatic heterocycles. The van der Waals surface area contributed by atoms with Crippen LogP contribution in [0.5, 0.6) is 5.75 Å². The van der Waals surface area contributed by atoms with E-state index in [9.17, 15) is 4.79 Å². The van der Waals surface area contributed by atoms with Gasteiger partial charge in [-0.05, 0) is 58.5 Å². The Balaban J connectivity index is 1.82. The molecule has 6 nitrogen and oxygen atoms in total. The second kappa shape index (κ2) is 6.32. The van der Waals surface area contributed by atoms with E-state index in [1.54, 1.807) is 13.3 Å². The molecule has 0 atom stereocenters. The van der Waals surface area contributed by atoms with E-state index in [-0.39, 0.29) is 5.56 Å². The summed E-state index contributed by atoms with van der Waals surface area (Å²) in [7, 11) is 1.61. The van der Waals surface area contributed by atoms with Gasteiger partial charge in [-0.1, -0.05) is 12.1 Å². The van der Waals surface area contributed by atoms with Crippen molar-refractivity contribution in [2.24, 2.45) is 5.10 Å². The second-order valence-electron chi connectivity index (χ2n) is 5.45. The van der Waals surface area contributed by atoms with Crippen LogP contribution in [0, 0.1) is 3.57 Å². The number of hydrogen-bond acceptors (Lipinski definition) is 4. The normalized spacial score (nSPS) is 11.6. The lowest BCUT2D eigenvalue weighted by Crippen LogP contribution is -2.17. The molecule has 0 amide bonds. The van der Waals surface area contributed by atoms with Gasteiger partial charge in [-0.2, -0.15) is 9.78 Å². The third kappa shape index (κ3) is 2.91. The fourth-order valence-corrected chi connectivity index (χ4v) is 3.22. The number of benzene rings is 2. The number of rotatable bonds is 3. The summed E-state index contributed by atoms with van der Waals surface area (Å²) in [4.78, 5) is 20.2. The number of methoxy groups -OCH3 is 1. The van der Waals surface area contributed by atoms with E-state index in [0.29, 0.717) is 11.0 Å². The fraction of sp³-hybridized carbons (Fsp3) is 0.0556. The second-order valence-corrected chi connectivity index (χ2v) is 6.70. The van der Waals surface area contributed by atoms with E-state index < -0.39 is 0 Å². The molecule has 0 fully saturated rings. The van der Waals surface area contributed by atoms with Crippen molar-refractivity contribution < 1.29 is 4.74 Å². The standard InChI is InChI=1S/C18H13IN4O2/c1-25-13-5-6-15-14(8-13)16-17(22-15)18(24)23(10-20-16)21-9-11-3-2-4-12(19)7-11/h2-10,22H,1H3/b21-9-. The third-order valence-corrected chi connectivity index (χ3v) is 4.55. The van der Waals surface area contributed by atoms with Gasteiger partial charge in [0.15, 0.2) is 0 Å². The predicted molar refractivity (Wildman–Crippen MR) is 107 cm³/mol. The molecule has 0 aliphatic heterocycles. The van der Waals surface area contributed by atoms with Crippen LogP contribution in [0.15, 0.2) is 58.7 Å². The predicted octanol–water partition coefficient (Wildman–Crippen LogP) is 3.37. The zero-order valence-corrected chi connectivity index (χ0v) is 15.4. The third-order valence-electron chi connectivity index (χ3n) is 3.88. The first kappa shape index (κ1) is 15.8. The zero-order chi connectivity index (χ0) is 17.4. The summed E-state index contributed by atoms with van der Waals surface area (Å²) in [5.41, 5.74) is 2.53. The Kier molecular flexibility index (Phi) is 4.00. The number of aromatic amines is 1. The maximum absolute atomic E-state index is 12.7. The highest BCUT2D eigenvalue weighted by Gasteiger charge is 2.11. The fourth-order valence-electron chi connectivity index (χ4n) is 2.65. The summed E-state index contributed by atoms with van der Waals surface area (Å²) in [6.07, 6.45) is 3.07. The molecule has 124 valence electrons. The van der Waals surface area contributed by atoms with Crippen LogP contribution in [0.4, 0.5) is 0 Å². The van der Waals surface area contributed by atoms with E-state index in [1.165, 1.54) is 11.0 Å². The Labute approximate surface area is 156 Å². The lowest BCUT2D eigenvalue weighted by molar-refractivity contribution is 0.415. The van der Waals surface area contributed by atoms with Gasteiger partial charge >= 0.3 is 0 Å². The highest BCUT2D eigenvalue weighted by Crippen LogP contribution is 2.25. The van der Waals surface area contributed by atoms with Gasteiger partial charge in [-0.15, -0.1) is 0 Å². The number of halogens is 1. The van der Waals surface area contributed by atoms with Crippen LogP contribution in [-0.2, 0) is 0 Å². The minimum absolute atomic E-state index is 0.248. The summed E-state index contributed by atoms with van der Waals surface area (Å²) in [5.74, 6) is 0.719. The largest absolute Gasteiger partial charge is 0.497 e. The van der Waals surface area contributed by atoms with Crippen LogP contribution in [0.2, 0.25) is 0 Å². The molecule has 25 heavy (non-hydrogen) atoms. The molecule has 4 rings (SSSR count). The molecular weight excluding hydrogens is 431 g/mol. The first-order valence-electron chi connectivity index (χ1n) is 7.53. The molecule has 0 unspecified atom stereocenters. The Morgan fingerprint density at radius 1 is 1.28 bits per heavy atom.